The van der Waals surface area contributed by atoms with Crippen molar-refractivity contribution in [2.24, 2.45) is 0 Å². The molecule has 1 aromatic rings. The quantitative estimate of drug-likeness (QED) is 0.745. The van der Waals surface area contributed by atoms with Gasteiger partial charge in [-0.25, -0.2) is 4.39 Å². The molecule has 15 heavy (non-hydrogen) atoms. The Morgan fingerprint density at radius 1 is 1.53 bits per heavy atom. The standard InChI is InChI=1S/C13H16FN/c1-4-13(5-2)15-10(3)11-7-6-8-12(14)9-11/h1,6-10,13,15H,5H2,2-3H3/t10-,13?/m0/s1. The lowest BCUT2D eigenvalue weighted by atomic mass is 10.1. The van der Waals surface area contributed by atoms with Gasteiger partial charge in [-0.05, 0) is 31.0 Å². The Hall–Kier alpha value is -1.33. The number of terminal acetylenes is 1. The largest absolute Gasteiger partial charge is 0.297 e. The molecular formula is C13H16FN. The van der Waals surface area contributed by atoms with Crippen LogP contribution in [0.15, 0.2) is 24.3 Å². The molecule has 0 amide bonds. The Morgan fingerprint density at radius 3 is 2.80 bits per heavy atom. The molecule has 1 N–H and O–H groups in total. The average molecular weight is 205 g/mol. The van der Waals surface area contributed by atoms with E-state index in [1.807, 2.05) is 19.9 Å². The first-order valence-electron chi connectivity index (χ1n) is 5.15. The molecule has 0 radical (unpaired) electrons. The SMILES string of the molecule is C#CC(CC)N[C@@H](C)c1cccc(F)c1. The monoisotopic (exact) mass is 205 g/mol. The molecule has 0 fully saturated rings. The van der Waals surface area contributed by atoms with E-state index in [0.717, 1.165) is 12.0 Å². The summed E-state index contributed by atoms with van der Waals surface area (Å²) in [6, 6.07) is 6.68. The third-order valence-electron chi connectivity index (χ3n) is 2.41. The fourth-order valence-corrected chi connectivity index (χ4v) is 1.46. The highest BCUT2D eigenvalue weighted by atomic mass is 19.1. The van der Waals surface area contributed by atoms with Crippen LogP contribution in [0.5, 0.6) is 0 Å². The number of halogens is 1. The number of rotatable bonds is 4. The second kappa shape index (κ2) is 5.53. The van der Waals surface area contributed by atoms with Gasteiger partial charge in [0.1, 0.15) is 5.82 Å². The second-order valence-corrected chi connectivity index (χ2v) is 3.57. The summed E-state index contributed by atoms with van der Waals surface area (Å²) < 4.78 is 13.0. The van der Waals surface area contributed by atoms with E-state index in [4.69, 9.17) is 6.42 Å². The third-order valence-corrected chi connectivity index (χ3v) is 2.41. The van der Waals surface area contributed by atoms with Gasteiger partial charge in [0.15, 0.2) is 0 Å². The Kier molecular flexibility index (Phi) is 4.33. The lowest BCUT2D eigenvalue weighted by Crippen LogP contribution is -2.29. The smallest absolute Gasteiger partial charge is 0.123 e. The molecule has 0 aliphatic heterocycles. The molecule has 1 unspecified atom stereocenters. The summed E-state index contributed by atoms with van der Waals surface area (Å²) >= 11 is 0. The topological polar surface area (TPSA) is 12.0 Å². The predicted octanol–water partition coefficient (Wildman–Crippen LogP) is 2.89. The summed E-state index contributed by atoms with van der Waals surface area (Å²) in [6.07, 6.45) is 6.22. The summed E-state index contributed by atoms with van der Waals surface area (Å²) in [7, 11) is 0. The maximum atomic E-state index is 13.0. The fraction of sp³-hybridized carbons (Fsp3) is 0.385. The van der Waals surface area contributed by atoms with Gasteiger partial charge in [-0.1, -0.05) is 25.0 Å². The van der Waals surface area contributed by atoms with Crippen LogP contribution >= 0.6 is 0 Å². The Labute approximate surface area is 90.7 Å². The maximum absolute atomic E-state index is 13.0. The number of benzene rings is 1. The van der Waals surface area contributed by atoms with Gasteiger partial charge >= 0.3 is 0 Å². The zero-order chi connectivity index (χ0) is 11.3. The van der Waals surface area contributed by atoms with Crippen molar-refractivity contribution in [3.05, 3.63) is 35.6 Å². The molecule has 0 aliphatic carbocycles. The van der Waals surface area contributed by atoms with E-state index in [1.165, 1.54) is 12.1 Å². The van der Waals surface area contributed by atoms with E-state index in [9.17, 15) is 4.39 Å². The number of nitrogens with one attached hydrogen (secondary N) is 1. The van der Waals surface area contributed by atoms with Crippen LogP contribution in [0.3, 0.4) is 0 Å². The van der Waals surface area contributed by atoms with Crippen molar-refractivity contribution in [2.75, 3.05) is 0 Å². The molecular weight excluding hydrogens is 189 g/mol. The Morgan fingerprint density at radius 2 is 2.27 bits per heavy atom. The van der Waals surface area contributed by atoms with E-state index < -0.39 is 0 Å². The molecule has 2 heteroatoms. The average Bonchev–Trinajstić information content (AvgIpc) is 2.25. The molecule has 1 rings (SSSR count). The highest BCUT2D eigenvalue weighted by Crippen LogP contribution is 2.14. The summed E-state index contributed by atoms with van der Waals surface area (Å²) in [5.41, 5.74) is 0.920. The molecule has 0 aliphatic rings. The molecule has 0 saturated heterocycles. The van der Waals surface area contributed by atoms with Crippen LogP contribution in [0.4, 0.5) is 4.39 Å². The van der Waals surface area contributed by atoms with Gasteiger partial charge in [-0.2, -0.15) is 0 Å². The predicted molar refractivity (Wildman–Crippen MR) is 60.9 cm³/mol. The highest BCUT2D eigenvalue weighted by Gasteiger charge is 2.09. The van der Waals surface area contributed by atoms with Crippen molar-refractivity contribution in [3.63, 3.8) is 0 Å². The van der Waals surface area contributed by atoms with Crippen molar-refractivity contribution >= 4 is 0 Å². The third kappa shape index (κ3) is 3.38. The lowest BCUT2D eigenvalue weighted by molar-refractivity contribution is 0.509. The first-order chi connectivity index (χ1) is 7.17. The summed E-state index contributed by atoms with van der Waals surface area (Å²) in [4.78, 5) is 0. The van der Waals surface area contributed by atoms with Crippen LogP contribution in [0, 0.1) is 18.2 Å². The van der Waals surface area contributed by atoms with Gasteiger partial charge in [-0.3, -0.25) is 5.32 Å². The van der Waals surface area contributed by atoms with Crippen molar-refractivity contribution in [3.8, 4) is 12.3 Å². The van der Waals surface area contributed by atoms with Gasteiger partial charge in [0.25, 0.3) is 0 Å². The van der Waals surface area contributed by atoms with Crippen molar-refractivity contribution in [1.82, 2.24) is 5.32 Å². The summed E-state index contributed by atoms with van der Waals surface area (Å²) in [5.74, 6) is 2.45. The normalized spacial score (nSPS) is 14.3. The molecule has 0 spiro atoms. The van der Waals surface area contributed by atoms with E-state index in [0.29, 0.717) is 0 Å². The molecule has 0 heterocycles. The molecule has 0 saturated carbocycles. The molecule has 0 aromatic heterocycles. The zero-order valence-electron chi connectivity index (χ0n) is 9.13. The van der Waals surface area contributed by atoms with E-state index in [1.54, 1.807) is 6.07 Å². The van der Waals surface area contributed by atoms with Crippen LogP contribution in [0.2, 0.25) is 0 Å². The van der Waals surface area contributed by atoms with Gasteiger partial charge in [-0.15, -0.1) is 6.42 Å². The second-order valence-electron chi connectivity index (χ2n) is 3.57. The van der Waals surface area contributed by atoms with Crippen LogP contribution < -0.4 is 5.32 Å². The lowest BCUT2D eigenvalue weighted by Gasteiger charge is -2.18. The minimum atomic E-state index is -0.213. The molecule has 1 nitrogen and oxygen atoms in total. The Balaban J connectivity index is 2.69. The van der Waals surface area contributed by atoms with Crippen molar-refractivity contribution < 1.29 is 4.39 Å². The zero-order valence-corrected chi connectivity index (χ0v) is 9.13. The van der Waals surface area contributed by atoms with Crippen molar-refractivity contribution in [1.29, 1.82) is 0 Å². The Bertz CT molecular complexity index is 354. The van der Waals surface area contributed by atoms with E-state index in [2.05, 4.69) is 11.2 Å². The van der Waals surface area contributed by atoms with Crippen LogP contribution in [-0.4, -0.2) is 6.04 Å². The van der Waals surface area contributed by atoms with Crippen LogP contribution in [-0.2, 0) is 0 Å². The number of hydrogen-bond donors (Lipinski definition) is 1. The number of hydrogen-bond acceptors (Lipinski definition) is 1. The van der Waals surface area contributed by atoms with Crippen LogP contribution in [0.1, 0.15) is 31.9 Å². The van der Waals surface area contributed by atoms with Crippen molar-refractivity contribution in [2.45, 2.75) is 32.4 Å². The molecule has 80 valence electrons. The minimum absolute atomic E-state index is 0.0447. The van der Waals surface area contributed by atoms with E-state index >= 15 is 0 Å². The minimum Gasteiger partial charge on any atom is -0.297 e. The van der Waals surface area contributed by atoms with Gasteiger partial charge in [0.05, 0.1) is 6.04 Å². The summed E-state index contributed by atoms with van der Waals surface area (Å²) in [5, 5.41) is 3.26. The van der Waals surface area contributed by atoms with E-state index in [-0.39, 0.29) is 17.9 Å². The first kappa shape index (κ1) is 11.7. The maximum Gasteiger partial charge on any atom is 0.123 e. The fourth-order valence-electron chi connectivity index (χ4n) is 1.46. The molecule has 1 aromatic carbocycles. The van der Waals surface area contributed by atoms with Gasteiger partial charge in [0.2, 0.25) is 0 Å². The van der Waals surface area contributed by atoms with Gasteiger partial charge in [0, 0.05) is 6.04 Å². The molecule has 2 atom stereocenters. The molecule has 0 bridgehead atoms. The van der Waals surface area contributed by atoms with Gasteiger partial charge < -0.3 is 0 Å². The first-order valence-corrected chi connectivity index (χ1v) is 5.15. The van der Waals surface area contributed by atoms with Crippen LogP contribution in [0.25, 0.3) is 0 Å². The summed E-state index contributed by atoms with van der Waals surface area (Å²) in [6.45, 7) is 4.00. The highest BCUT2D eigenvalue weighted by molar-refractivity contribution is 5.20.